The molecule has 0 spiro atoms. The summed E-state index contributed by atoms with van der Waals surface area (Å²) in [6.45, 7) is 3.11. The van der Waals surface area contributed by atoms with Crippen molar-refractivity contribution in [1.82, 2.24) is 5.32 Å². The molecule has 1 atom stereocenters. The van der Waals surface area contributed by atoms with Gasteiger partial charge in [-0.2, -0.15) is 0 Å². The van der Waals surface area contributed by atoms with Crippen molar-refractivity contribution in [3.8, 4) is 0 Å². The predicted octanol–water partition coefficient (Wildman–Crippen LogP) is 4.15. The average molecular weight is 303 g/mol. The Morgan fingerprint density at radius 3 is 2.59 bits per heavy atom. The van der Waals surface area contributed by atoms with E-state index in [0.717, 1.165) is 18.0 Å². The molecule has 1 aliphatic rings. The number of aryl methyl sites for hydroxylation is 1. The molecule has 1 aromatic carbocycles. The van der Waals surface area contributed by atoms with Gasteiger partial charge in [0.15, 0.2) is 0 Å². The van der Waals surface area contributed by atoms with Crippen LogP contribution in [0, 0.1) is 5.92 Å². The molecule has 1 fully saturated rings. The Balaban J connectivity index is 1.81. The molecular formula is C19H29NO2. The third-order valence-electron chi connectivity index (χ3n) is 4.78. The molecule has 0 amide bonds. The smallest absolute Gasteiger partial charge is 0.303 e. The van der Waals surface area contributed by atoms with Crippen LogP contribution in [0.4, 0.5) is 0 Å². The van der Waals surface area contributed by atoms with Crippen LogP contribution in [-0.4, -0.2) is 17.1 Å². The van der Waals surface area contributed by atoms with Gasteiger partial charge < -0.3 is 10.4 Å². The van der Waals surface area contributed by atoms with Gasteiger partial charge in [-0.25, -0.2) is 0 Å². The zero-order chi connectivity index (χ0) is 15.8. The van der Waals surface area contributed by atoms with E-state index >= 15 is 0 Å². The Hall–Kier alpha value is -1.35. The van der Waals surface area contributed by atoms with Crippen molar-refractivity contribution in [2.45, 2.75) is 70.9 Å². The SMILES string of the molecule is CC(CC1CCCCC1)NCc1ccccc1CCC(=O)O. The predicted molar refractivity (Wildman–Crippen MR) is 89.9 cm³/mol. The molecule has 3 heteroatoms. The molecule has 0 heterocycles. The lowest BCUT2D eigenvalue weighted by atomic mass is 9.85. The second kappa shape index (κ2) is 8.94. The minimum absolute atomic E-state index is 0.203. The highest BCUT2D eigenvalue weighted by molar-refractivity contribution is 5.67. The Bertz CT molecular complexity index is 466. The molecule has 0 aliphatic heterocycles. The van der Waals surface area contributed by atoms with Gasteiger partial charge in [-0.15, -0.1) is 0 Å². The van der Waals surface area contributed by atoms with E-state index in [2.05, 4.69) is 18.3 Å². The largest absolute Gasteiger partial charge is 0.481 e. The van der Waals surface area contributed by atoms with Gasteiger partial charge in [-0.1, -0.05) is 56.4 Å². The van der Waals surface area contributed by atoms with Crippen molar-refractivity contribution < 1.29 is 9.90 Å². The van der Waals surface area contributed by atoms with E-state index < -0.39 is 5.97 Å². The first-order valence-electron chi connectivity index (χ1n) is 8.67. The van der Waals surface area contributed by atoms with E-state index in [9.17, 15) is 4.79 Å². The van der Waals surface area contributed by atoms with Gasteiger partial charge in [0.25, 0.3) is 0 Å². The van der Waals surface area contributed by atoms with Gasteiger partial charge >= 0.3 is 5.97 Å². The zero-order valence-electron chi connectivity index (χ0n) is 13.7. The lowest BCUT2D eigenvalue weighted by Gasteiger charge is -2.25. The van der Waals surface area contributed by atoms with Crippen LogP contribution in [0.5, 0.6) is 0 Å². The summed E-state index contributed by atoms with van der Waals surface area (Å²) >= 11 is 0. The second-order valence-electron chi connectivity index (χ2n) is 6.68. The van der Waals surface area contributed by atoms with Crippen molar-refractivity contribution >= 4 is 5.97 Å². The summed E-state index contributed by atoms with van der Waals surface area (Å²) in [5.41, 5.74) is 2.39. The number of carbonyl (C=O) groups is 1. The van der Waals surface area contributed by atoms with Crippen LogP contribution in [0.15, 0.2) is 24.3 Å². The number of rotatable bonds is 8. The van der Waals surface area contributed by atoms with Crippen molar-refractivity contribution in [3.05, 3.63) is 35.4 Å². The monoisotopic (exact) mass is 303 g/mol. The van der Waals surface area contributed by atoms with Crippen LogP contribution in [0.3, 0.4) is 0 Å². The first-order chi connectivity index (χ1) is 10.6. The lowest BCUT2D eigenvalue weighted by Crippen LogP contribution is -2.29. The molecule has 1 saturated carbocycles. The molecule has 0 aromatic heterocycles. The summed E-state index contributed by atoms with van der Waals surface area (Å²) in [6.07, 6.45) is 9.07. The lowest BCUT2D eigenvalue weighted by molar-refractivity contribution is -0.136. The number of benzene rings is 1. The summed E-state index contributed by atoms with van der Waals surface area (Å²) in [5.74, 6) is 0.159. The van der Waals surface area contributed by atoms with Gasteiger partial charge in [0.2, 0.25) is 0 Å². The topological polar surface area (TPSA) is 49.3 Å². The molecule has 1 aliphatic carbocycles. The number of aliphatic carboxylic acids is 1. The fourth-order valence-electron chi connectivity index (χ4n) is 3.51. The van der Waals surface area contributed by atoms with Crippen LogP contribution < -0.4 is 5.32 Å². The molecule has 0 radical (unpaired) electrons. The normalized spacial score (nSPS) is 17.3. The number of nitrogens with one attached hydrogen (secondary N) is 1. The molecule has 2 rings (SSSR count). The molecule has 2 N–H and O–H groups in total. The number of hydrogen-bond acceptors (Lipinski definition) is 2. The van der Waals surface area contributed by atoms with E-state index in [1.807, 2.05) is 18.2 Å². The highest BCUT2D eigenvalue weighted by atomic mass is 16.4. The Morgan fingerprint density at radius 1 is 1.23 bits per heavy atom. The van der Waals surface area contributed by atoms with Gasteiger partial charge in [0, 0.05) is 19.0 Å². The maximum Gasteiger partial charge on any atom is 0.303 e. The van der Waals surface area contributed by atoms with E-state index in [1.54, 1.807) is 0 Å². The van der Waals surface area contributed by atoms with E-state index in [4.69, 9.17) is 5.11 Å². The van der Waals surface area contributed by atoms with Crippen molar-refractivity contribution in [1.29, 1.82) is 0 Å². The molecule has 3 nitrogen and oxygen atoms in total. The Kier molecular flexibility index (Phi) is 6.91. The number of hydrogen-bond donors (Lipinski definition) is 2. The molecule has 0 bridgehead atoms. The van der Waals surface area contributed by atoms with E-state index in [0.29, 0.717) is 12.5 Å². The fourth-order valence-corrected chi connectivity index (χ4v) is 3.51. The first kappa shape index (κ1) is 17.0. The molecule has 1 unspecified atom stereocenters. The van der Waals surface area contributed by atoms with Gasteiger partial charge in [0.05, 0.1) is 0 Å². The summed E-state index contributed by atoms with van der Waals surface area (Å²) in [7, 11) is 0. The van der Waals surface area contributed by atoms with Gasteiger partial charge in [-0.3, -0.25) is 4.79 Å². The highest BCUT2D eigenvalue weighted by Crippen LogP contribution is 2.27. The molecular weight excluding hydrogens is 274 g/mol. The number of carboxylic acids is 1. The first-order valence-corrected chi connectivity index (χ1v) is 8.67. The van der Waals surface area contributed by atoms with E-state index in [1.165, 1.54) is 44.1 Å². The minimum atomic E-state index is -0.728. The van der Waals surface area contributed by atoms with Crippen LogP contribution >= 0.6 is 0 Å². The zero-order valence-corrected chi connectivity index (χ0v) is 13.7. The van der Waals surface area contributed by atoms with Crippen molar-refractivity contribution in [2.24, 2.45) is 5.92 Å². The highest BCUT2D eigenvalue weighted by Gasteiger charge is 2.16. The fraction of sp³-hybridized carbons (Fsp3) is 0.632. The Morgan fingerprint density at radius 2 is 1.91 bits per heavy atom. The van der Waals surface area contributed by atoms with Crippen LogP contribution in [-0.2, 0) is 17.8 Å². The van der Waals surface area contributed by atoms with E-state index in [-0.39, 0.29) is 6.42 Å². The summed E-state index contributed by atoms with van der Waals surface area (Å²) in [6, 6.07) is 8.71. The summed E-state index contributed by atoms with van der Waals surface area (Å²) in [4.78, 5) is 10.8. The van der Waals surface area contributed by atoms with Crippen molar-refractivity contribution in [2.75, 3.05) is 0 Å². The molecule has 0 saturated heterocycles. The number of carboxylic acid groups (broad SMARTS) is 1. The standard InChI is InChI=1S/C19H29NO2/c1-15(13-16-7-3-2-4-8-16)20-14-18-10-6-5-9-17(18)11-12-19(21)22/h5-6,9-10,15-16,20H,2-4,7-8,11-14H2,1H3,(H,21,22). The van der Waals surface area contributed by atoms with Crippen LogP contribution in [0.2, 0.25) is 0 Å². The summed E-state index contributed by atoms with van der Waals surface area (Å²) < 4.78 is 0. The Labute approximate surface area is 134 Å². The minimum Gasteiger partial charge on any atom is -0.481 e. The van der Waals surface area contributed by atoms with Gasteiger partial charge in [0.1, 0.15) is 0 Å². The van der Waals surface area contributed by atoms with Crippen LogP contribution in [0.1, 0.15) is 63.0 Å². The van der Waals surface area contributed by atoms with Gasteiger partial charge in [-0.05, 0) is 36.8 Å². The molecule has 1 aromatic rings. The summed E-state index contributed by atoms with van der Waals surface area (Å²) in [5, 5.41) is 12.5. The maximum absolute atomic E-state index is 10.8. The maximum atomic E-state index is 10.8. The third kappa shape index (κ3) is 5.80. The van der Waals surface area contributed by atoms with Crippen LogP contribution in [0.25, 0.3) is 0 Å². The third-order valence-corrected chi connectivity index (χ3v) is 4.78. The second-order valence-corrected chi connectivity index (χ2v) is 6.68. The molecule has 122 valence electrons. The average Bonchev–Trinajstić information content (AvgIpc) is 2.52. The quantitative estimate of drug-likeness (QED) is 0.758. The molecule has 22 heavy (non-hydrogen) atoms. The van der Waals surface area contributed by atoms with Crippen molar-refractivity contribution in [3.63, 3.8) is 0 Å².